The molecule has 27 heavy (non-hydrogen) atoms. The molecular weight excluding hydrogens is 399 g/mol. The van der Waals surface area contributed by atoms with Crippen LogP contribution >= 0.6 is 23.2 Å². The Hall–Kier alpha value is -3.10. The third-order valence-electron chi connectivity index (χ3n) is 3.62. The number of aromatic amines is 1. The Morgan fingerprint density at radius 3 is 2.15 bits per heavy atom. The fourth-order valence-electron chi connectivity index (χ4n) is 2.33. The van der Waals surface area contributed by atoms with Gasteiger partial charge in [-0.05, 0) is 36.4 Å². The number of rotatable bonds is 0. The number of hydrogen-bond donors (Lipinski definition) is 1. The zero-order chi connectivity index (χ0) is 19.7. The van der Waals surface area contributed by atoms with E-state index in [1.54, 1.807) is 24.3 Å². The van der Waals surface area contributed by atoms with Gasteiger partial charge in [0.05, 0.1) is 21.8 Å². The highest BCUT2D eigenvalue weighted by atomic mass is 35.5. The molecule has 0 amide bonds. The Labute approximate surface area is 159 Å². The smallest absolute Gasteiger partial charge is 0.372 e. The molecule has 10 heteroatoms. The minimum Gasteiger partial charge on any atom is -0.372 e. The first-order valence-corrected chi connectivity index (χ1v) is 8.14. The van der Waals surface area contributed by atoms with Crippen molar-refractivity contribution in [3.63, 3.8) is 0 Å². The summed E-state index contributed by atoms with van der Waals surface area (Å²) >= 11 is 11.4. The number of fused-ring (bicyclic) bond motifs is 2. The summed E-state index contributed by atoms with van der Waals surface area (Å²) in [6, 6.07) is 9.27. The number of aromatic nitrogens is 2. The summed E-state index contributed by atoms with van der Waals surface area (Å²) in [5.74, 6) is -1.44. The summed E-state index contributed by atoms with van der Waals surface area (Å²) in [5.41, 5.74) is -0.409. The molecular formula is C17H10Cl2N2O6. The molecule has 0 aliphatic carbocycles. The Balaban J connectivity index is 0.000000156. The molecule has 0 saturated heterocycles. The number of nitrogens with zero attached hydrogens (tertiary/aromatic N) is 1. The monoisotopic (exact) mass is 408 g/mol. The predicted octanol–water partition coefficient (Wildman–Crippen LogP) is 2.28. The van der Waals surface area contributed by atoms with Gasteiger partial charge >= 0.3 is 22.8 Å². The topological polar surface area (TPSA) is 115 Å². The summed E-state index contributed by atoms with van der Waals surface area (Å²) in [7, 11) is 1.53. The molecule has 0 bridgehead atoms. The van der Waals surface area contributed by atoms with Gasteiger partial charge in [0.25, 0.3) is 0 Å². The molecule has 0 radical (unpaired) electrons. The first kappa shape index (κ1) is 18.7. The van der Waals surface area contributed by atoms with Crippen molar-refractivity contribution in [2.45, 2.75) is 0 Å². The summed E-state index contributed by atoms with van der Waals surface area (Å²) in [6.45, 7) is 0. The Bertz CT molecular complexity index is 1400. The molecule has 0 atom stereocenters. The molecule has 8 nitrogen and oxygen atoms in total. The van der Waals surface area contributed by atoms with Gasteiger partial charge < -0.3 is 8.83 Å². The molecule has 0 unspecified atom stereocenters. The molecule has 2 heterocycles. The average Bonchev–Trinajstić information content (AvgIpc) is 2.61. The van der Waals surface area contributed by atoms with Crippen molar-refractivity contribution in [3.8, 4) is 0 Å². The second-order valence-electron chi connectivity index (χ2n) is 5.37. The first-order chi connectivity index (χ1) is 12.8. The van der Waals surface area contributed by atoms with E-state index in [9.17, 15) is 19.2 Å². The van der Waals surface area contributed by atoms with Crippen molar-refractivity contribution in [3.05, 3.63) is 88.4 Å². The predicted molar refractivity (Wildman–Crippen MR) is 101 cm³/mol. The number of benzene rings is 2. The fourth-order valence-corrected chi connectivity index (χ4v) is 2.68. The molecule has 2 aromatic carbocycles. The summed E-state index contributed by atoms with van der Waals surface area (Å²) in [6.07, 6.45) is 0. The van der Waals surface area contributed by atoms with E-state index in [4.69, 9.17) is 23.2 Å². The van der Waals surface area contributed by atoms with Crippen LogP contribution in [0.25, 0.3) is 21.8 Å². The lowest BCUT2D eigenvalue weighted by molar-refractivity contribution is 0.433. The Kier molecular flexibility index (Phi) is 5.02. The number of aryl methyl sites for hydroxylation is 1. The lowest BCUT2D eigenvalue weighted by Crippen LogP contribution is -2.22. The highest BCUT2D eigenvalue weighted by Crippen LogP contribution is 2.14. The van der Waals surface area contributed by atoms with Crippen LogP contribution in [0.5, 0.6) is 0 Å². The van der Waals surface area contributed by atoms with Crippen molar-refractivity contribution in [1.82, 2.24) is 9.55 Å². The van der Waals surface area contributed by atoms with Crippen molar-refractivity contribution in [2.75, 3.05) is 0 Å². The lowest BCUT2D eigenvalue weighted by Gasteiger charge is -2.01. The first-order valence-electron chi connectivity index (χ1n) is 7.38. The molecule has 4 aromatic rings. The third kappa shape index (κ3) is 3.86. The quantitative estimate of drug-likeness (QED) is 0.477. The highest BCUT2D eigenvalue weighted by Gasteiger charge is 2.06. The van der Waals surface area contributed by atoms with Gasteiger partial charge in [0.15, 0.2) is 0 Å². The van der Waals surface area contributed by atoms with Crippen molar-refractivity contribution in [1.29, 1.82) is 0 Å². The van der Waals surface area contributed by atoms with Gasteiger partial charge in [-0.1, -0.05) is 23.2 Å². The van der Waals surface area contributed by atoms with Crippen LogP contribution in [0.3, 0.4) is 0 Å². The Morgan fingerprint density at radius 1 is 0.852 bits per heavy atom. The minimum atomic E-state index is -0.764. The molecule has 0 spiro atoms. The van der Waals surface area contributed by atoms with E-state index in [2.05, 4.69) is 13.8 Å². The van der Waals surface area contributed by atoms with Gasteiger partial charge in [-0.3, -0.25) is 9.55 Å². The van der Waals surface area contributed by atoms with Crippen molar-refractivity contribution >= 4 is 45.0 Å². The minimum absolute atomic E-state index is 0.270. The second kappa shape index (κ2) is 7.26. The second-order valence-corrected chi connectivity index (χ2v) is 6.24. The maximum absolute atomic E-state index is 11.3. The summed E-state index contributed by atoms with van der Waals surface area (Å²) in [5, 5.41) is 1.43. The van der Waals surface area contributed by atoms with E-state index >= 15 is 0 Å². The van der Waals surface area contributed by atoms with Gasteiger partial charge in [-0.2, -0.15) is 0 Å². The molecule has 0 fully saturated rings. The number of nitrogens with one attached hydrogen (secondary N) is 1. The standard InChI is InChI=1S/C9H6ClNO3.C8H4ClNO3/c1-11-7-3-2-5(10)4-6(7)8(12)14-9(11)13;9-4-1-2-6-5(3-4)7(11)13-8(12)10-6/h2-4H,1H3;1-3H,(H,10,12). The van der Waals surface area contributed by atoms with Crippen LogP contribution in [0.2, 0.25) is 10.0 Å². The van der Waals surface area contributed by atoms with Crippen LogP contribution < -0.4 is 22.8 Å². The van der Waals surface area contributed by atoms with E-state index in [1.165, 1.54) is 23.7 Å². The number of H-pyrrole nitrogens is 1. The van der Waals surface area contributed by atoms with Crippen LogP contribution in [0.1, 0.15) is 0 Å². The van der Waals surface area contributed by atoms with Gasteiger partial charge in [0, 0.05) is 17.1 Å². The van der Waals surface area contributed by atoms with Crippen LogP contribution in [0.4, 0.5) is 0 Å². The van der Waals surface area contributed by atoms with Crippen LogP contribution in [-0.2, 0) is 7.05 Å². The molecule has 0 aliphatic rings. The lowest BCUT2D eigenvalue weighted by atomic mass is 10.2. The average molecular weight is 409 g/mol. The van der Waals surface area contributed by atoms with E-state index in [0.717, 1.165) is 0 Å². The zero-order valence-electron chi connectivity index (χ0n) is 13.6. The van der Waals surface area contributed by atoms with Crippen molar-refractivity contribution in [2.24, 2.45) is 7.05 Å². The van der Waals surface area contributed by atoms with Crippen molar-refractivity contribution < 1.29 is 8.83 Å². The third-order valence-corrected chi connectivity index (χ3v) is 4.09. The summed E-state index contributed by atoms with van der Waals surface area (Å²) < 4.78 is 10.0. The van der Waals surface area contributed by atoms with Gasteiger partial charge in [-0.15, -0.1) is 0 Å². The molecule has 138 valence electrons. The van der Waals surface area contributed by atoms with Crippen LogP contribution in [0.15, 0.2) is 64.4 Å². The van der Waals surface area contributed by atoms with Crippen LogP contribution in [0, 0.1) is 0 Å². The summed E-state index contributed by atoms with van der Waals surface area (Å²) in [4.78, 5) is 46.6. The molecule has 2 aromatic heterocycles. The number of hydrogen-bond acceptors (Lipinski definition) is 6. The van der Waals surface area contributed by atoms with Gasteiger partial charge in [-0.25, -0.2) is 19.2 Å². The Morgan fingerprint density at radius 2 is 1.44 bits per heavy atom. The maximum atomic E-state index is 11.3. The van der Waals surface area contributed by atoms with Crippen LogP contribution in [-0.4, -0.2) is 9.55 Å². The fraction of sp³-hybridized carbons (Fsp3) is 0.0588. The molecule has 4 rings (SSSR count). The van der Waals surface area contributed by atoms with Gasteiger partial charge in [0.2, 0.25) is 0 Å². The normalized spacial score (nSPS) is 10.6. The number of halogens is 2. The SMILES string of the molecule is Cn1c(=O)oc(=O)c2cc(Cl)ccc21.O=c1[nH]c2ccc(Cl)cc2c(=O)o1. The van der Waals surface area contributed by atoms with E-state index in [-0.39, 0.29) is 5.39 Å². The van der Waals surface area contributed by atoms with E-state index < -0.39 is 22.8 Å². The molecule has 1 N–H and O–H groups in total. The largest absolute Gasteiger partial charge is 0.422 e. The zero-order valence-corrected chi connectivity index (χ0v) is 15.1. The molecule has 0 aliphatic heterocycles. The van der Waals surface area contributed by atoms with E-state index in [1.807, 2.05) is 0 Å². The van der Waals surface area contributed by atoms with E-state index in [0.29, 0.717) is 26.5 Å². The maximum Gasteiger partial charge on any atom is 0.422 e. The highest BCUT2D eigenvalue weighted by molar-refractivity contribution is 6.31. The molecule has 0 saturated carbocycles. The van der Waals surface area contributed by atoms with Gasteiger partial charge in [0.1, 0.15) is 0 Å².